The minimum Gasteiger partial charge on any atom is -0.396 e. The Bertz CT molecular complexity index is 251. The van der Waals surface area contributed by atoms with Gasteiger partial charge in [0.2, 0.25) is 5.91 Å². The van der Waals surface area contributed by atoms with Crippen molar-refractivity contribution in [1.82, 2.24) is 5.32 Å². The normalized spacial score (nSPS) is 32.0. The highest BCUT2D eigenvalue weighted by molar-refractivity contribution is 5.82. The molecule has 0 saturated heterocycles. The van der Waals surface area contributed by atoms with E-state index < -0.39 is 0 Å². The van der Waals surface area contributed by atoms with Crippen molar-refractivity contribution in [2.24, 2.45) is 23.7 Å². The fourth-order valence-corrected chi connectivity index (χ4v) is 3.51. The van der Waals surface area contributed by atoms with Gasteiger partial charge in [0.15, 0.2) is 0 Å². The Morgan fingerprint density at radius 1 is 1.35 bits per heavy atom. The lowest BCUT2D eigenvalue weighted by atomic mass is 10.00. The van der Waals surface area contributed by atoms with Crippen molar-refractivity contribution in [1.29, 1.82) is 0 Å². The minimum absolute atomic E-state index is 0.231. The van der Waals surface area contributed by atoms with Crippen molar-refractivity contribution in [2.75, 3.05) is 13.2 Å². The molecule has 0 aromatic rings. The van der Waals surface area contributed by atoms with Gasteiger partial charge in [0.05, 0.1) is 0 Å². The number of carbonyl (C=O) groups excluding carboxylic acids is 1. The predicted octanol–water partition coefficient (Wildman–Crippen LogP) is 1.95. The zero-order valence-corrected chi connectivity index (χ0v) is 10.8. The molecule has 0 heterocycles. The van der Waals surface area contributed by atoms with E-state index in [4.69, 9.17) is 5.11 Å². The van der Waals surface area contributed by atoms with Crippen molar-refractivity contribution in [2.45, 2.75) is 45.4 Å². The van der Waals surface area contributed by atoms with Gasteiger partial charge < -0.3 is 10.4 Å². The summed E-state index contributed by atoms with van der Waals surface area (Å²) in [5, 5.41) is 12.1. The Morgan fingerprint density at radius 3 is 2.65 bits per heavy atom. The van der Waals surface area contributed by atoms with Crippen LogP contribution in [-0.4, -0.2) is 24.2 Å². The molecule has 0 aliphatic heterocycles. The zero-order chi connectivity index (χ0) is 12.3. The summed E-state index contributed by atoms with van der Waals surface area (Å²) in [6, 6.07) is 0. The second-order valence-electron chi connectivity index (χ2n) is 5.70. The number of aliphatic hydroxyl groups excluding tert-OH is 1. The van der Waals surface area contributed by atoms with E-state index in [0.717, 1.165) is 25.8 Å². The predicted molar refractivity (Wildman–Crippen MR) is 67.4 cm³/mol. The van der Waals surface area contributed by atoms with Crippen LogP contribution >= 0.6 is 0 Å². The van der Waals surface area contributed by atoms with Crippen molar-refractivity contribution < 1.29 is 9.90 Å². The fraction of sp³-hybridized carbons (Fsp3) is 0.929. The zero-order valence-electron chi connectivity index (χ0n) is 10.8. The summed E-state index contributed by atoms with van der Waals surface area (Å²) in [6.45, 7) is 3.13. The monoisotopic (exact) mass is 239 g/mol. The first-order valence-corrected chi connectivity index (χ1v) is 7.16. The highest BCUT2D eigenvalue weighted by Crippen LogP contribution is 2.57. The third-order valence-corrected chi connectivity index (χ3v) is 4.51. The first-order chi connectivity index (χ1) is 8.27. The van der Waals surface area contributed by atoms with Gasteiger partial charge in [-0.15, -0.1) is 0 Å². The molecule has 2 aliphatic rings. The van der Waals surface area contributed by atoms with E-state index in [1.165, 1.54) is 19.3 Å². The summed E-state index contributed by atoms with van der Waals surface area (Å²) in [4.78, 5) is 12.0. The van der Waals surface area contributed by atoms with Crippen molar-refractivity contribution in [3.8, 4) is 0 Å². The molecule has 3 heteroatoms. The molecular weight excluding hydrogens is 214 g/mol. The quantitative estimate of drug-likeness (QED) is 0.713. The molecule has 2 saturated carbocycles. The van der Waals surface area contributed by atoms with E-state index in [1.807, 2.05) is 0 Å². The lowest BCUT2D eigenvalue weighted by Crippen LogP contribution is -2.32. The fourth-order valence-electron chi connectivity index (χ4n) is 3.51. The smallest absolute Gasteiger partial charge is 0.223 e. The molecule has 17 heavy (non-hydrogen) atoms. The molecule has 3 atom stereocenters. The second-order valence-corrected chi connectivity index (χ2v) is 5.70. The van der Waals surface area contributed by atoms with Gasteiger partial charge in [-0.2, -0.15) is 0 Å². The molecule has 2 N–H and O–H groups in total. The average Bonchev–Trinajstić information content (AvgIpc) is 2.80. The molecule has 0 radical (unpaired) electrons. The maximum absolute atomic E-state index is 12.0. The number of hydrogen-bond acceptors (Lipinski definition) is 2. The Kier molecular flexibility index (Phi) is 4.43. The summed E-state index contributed by atoms with van der Waals surface area (Å²) in [6.07, 6.45) is 6.87. The third-order valence-electron chi connectivity index (χ3n) is 4.51. The molecule has 98 valence electrons. The van der Waals surface area contributed by atoms with Gasteiger partial charge in [0.25, 0.3) is 0 Å². The highest BCUT2D eigenvalue weighted by atomic mass is 16.3. The van der Waals surface area contributed by atoms with Gasteiger partial charge in [0, 0.05) is 19.1 Å². The average molecular weight is 239 g/mol. The molecule has 2 aliphatic carbocycles. The van der Waals surface area contributed by atoms with Crippen LogP contribution in [0.4, 0.5) is 0 Å². The molecule has 2 rings (SSSR count). The van der Waals surface area contributed by atoms with E-state index in [1.54, 1.807) is 0 Å². The number of rotatable bonds is 7. The van der Waals surface area contributed by atoms with Crippen molar-refractivity contribution in [3.05, 3.63) is 0 Å². The topological polar surface area (TPSA) is 49.3 Å². The summed E-state index contributed by atoms with van der Waals surface area (Å²) >= 11 is 0. The molecule has 3 nitrogen and oxygen atoms in total. The SMILES string of the molecule is CCCC(CCO)CNC(=O)C1C2CCCC21. The second kappa shape index (κ2) is 5.85. The first-order valence-electron chi connectivity index (χ1n) is 7.16. The van der Waals surface area contributed by atoms with Crippen LogP contribution in [0.15, 0.2) is 0 Å². The molecule has 0 aromatic carbocycles. The lowest BCUT2D eigenvalue weighted by Gasteiger charge is -2.16. The Morgan fingerprint density at radius 2 is 2.06 bits per heavy atom. The van der Waals surface area contributed by atoms with Crippen LogP contribution in [-0.2, 0) is 4.79 Å². The van der Waals surface area contributed by atoms with E-state index in [2.05, 4.69) is 12.2 Å². The van der Waals surface area contributed by atoms with Crippen LogP contribution < -0.4 is 5.32 Å². The summed E-state index contributed by atoms with van der Waals surface area (Å²) in [7, 11) is 0. The van der Waals surface area contributed by atoms with Gasteiger partial charge in [-0.1, -0.05) is 19.8 Å². The van der Waals surface area contributed by atoms with Crippen LogP contribution in [0.2, 0.25) is 0 Å². The lowest BCUT2D eigenvalue weighted by molar-refractivity contribution is -0.123. The van der Waals surface area contributed by atoms with E-state index >= 15 is 0 Å². The molecular formula is C14H25NO2. The van der Waals surface area contributed by atoms with Crippen LogP contribution in [0, 0.1) is 23.7 Å². The van der Waals surface area contributed by atoms with Crippen LogP contribution in [0.1, 0.15) is 45.4 Å². The van der Waals surface area contributed by atoms with Gasteiger partial charge >= 0.3 is 0 Å². The summed E-state index contributed by atoms with van der Waals surface area (Å²) in [5.41, 5.74) is 0. The van der Waals surface area contributed by atoms with Gasteiger partial charge in [-0.05, 0) is 43.4 Å². The Hall–Kier alpha value is -0.570. The largest absolute Gasteiger partial charge is 0.396 e. The Labute approximate surface area is 104 Å². The van der Waals surface area contributed by atoms with Crippen molar-refractivity contribution in [3.63, 3.8) is 0 Å². The summed E-state index contributed by atoms with van der Waals surface area (Å²) in [5.74, 6) is 2.47. The van der Waals surface area contributed by atoms with Crippen LogP contribution in [0.25, 0.3) is 0 Å². The van der Waals surface area contributed by atoms with Gasteiger partial charge in [-0.3, -0.25) is 4.79 Å². The third kappa shape index (κ3) is 3.01. The van der Waals surface area contributed by atoms with E-state index in [-0.39, 0.29) is 12.5 Å². The molecule has 3 unspecified atom stereocenters. The van der Waals surface area contributed by atoms with Crippen LogP contribution in [0.5, 0.6) is 0 Å². The molecule has 1 amide bonds. The number of aliphatic hydroxyl groups is 1. The number of hydrogen-bond donors (Lipinski definition) is 2. The van der Waals surface area contributed by atoms with Crippen LogP contribution in [0.3, 0.4) is 0 Å². The first kappa shape index (κ1) is 12.9. The number of nitrogens with one attached hydrogen (secondary N) is 1. The maximum atomic E-state index is 12.0. The van der Waals surface area contributed by atoms with E-state index in [9.17, 15) is 4.79 Å². The number of amides is 1. The molecule has 0 bridgehead atoms. The van der Waals surface area contributed by atoms with Gasteiger partial charge in [0.1, 0.15) is 0 Å². The molecule has 2 fully saturated rings. The van der Waals surface area contributed by atoms with Gasteiger partial charge in [-0.25, -0.2) is 0 Å². The Balaban J connectivity index is 1.68. The van der Waals surface area contributed by atoms with Crippen molar-refractivity contribution >= 4 is 5.91 Å². The van der Waals surface area contributed by atoms with E-state index in [0.29, 0.717) is 23.7 Å². The maximum Gasteiger partial charge on any atom is 0.223 e. The number of fused-ring (bicyclic) bond motifs is 1. The molecule has 0 aromatic heterocycles. The highest BCUT2D eigenvalue weighted by Gasteiger charge is 2.56. The summed E-state index contributed by atoms with van der Waals surface area (Å²) < 4.78 is 0. The molecule has 0 spiro atoms. The standard InChI is InChI=1S/C14H25NO2/c1-2-4-10(7-8-16)9-15-14(17)13-11-5-3-6-12(11)13/h10-13,16H,2-9H2,1H3,(H,15,17). The number of carbonyl (C=O) groups is 1. The minimum atomic E-state index is 0.231.